The van der Waals surface area contributed by atoms with Gasteiger partial charge in [0, 0.05) is 5.56 Å². The summed E-state index contributed by atoms with van der Waals surface area (Å²) in [6.07, 6.45) is 1.55. The van der Waals surface area contributed by atoms with E-state index in [2.05, 4.69) is 0 Å². The van der Waals surface area contributed by atoms with Crippen molar-refractivity contribution in [2.45, 2.75) is 0 Å². The number of benzene rings is 2. The Bertz CT molecular complexity index is 1130. The monoisotopic (exact) mass is 339 g/mol. The first-order chi connectivity index (χ1) is 12.1. The average Bonchev–Trinajstić information content (AvgIpc) is 2.61. The zero-order valence-electron chi connectivity index (χ0n) is 13.6. The van der Waals surface area contributed by atoms with Crippen LogP contribution in [-0.4, -0.2) is 24.1 Å². The molecular weight excluding hydrogens is 324 g/mol. The fourth-order valence-corrected chi connectivity index (χ4v) is 2.89. The Kier molecular flexibility index (Phi) is 3.39. The Hall–Kier alpha value is -3.41. The van der Waals surface area contributed by atoms with Crippen molar-refractivity contribution >= 4 is 21.9 Å². The predicted octanol–water partition coefficient (Wildman–Crippen LogP) is 3.57. The van der Waals surface area contributed by atoms with Crippen LogP contribution in [0.1, 0.15) is 0 Å². The number of aromatic hydroxyl groups is 1. The fraction of sp³-hybridized carbons (Fsp3) is 0.105. The van der Waals surface area contributed by atoms with Gasteiger partial charge in [0.15, 0.2) is 11.5 Å². The second-order valence-corrected chi connectivity index (χ2v) is 5.53. The van der Waals surface area contributed by atoms with Crippen molar-refractivity contribution in [1.82, 2.24) is 0 Å². The van der Waals surface area contributed by atoms with Crippen LogP contribution in [0.25, 0.3) is 33.3 Å². The summed E-state index contributed by atoms with van der Waals surface area (Å²) >= 11 is 0. The molecule has 0 amide bonds. The molecule has 0 unspecified atom stereocenters. The smallest absolute Gasteiger partial charge is 0.347 e. The number of hydrogen-bond acceptors (Lipinski definition) is 5. The predicted molar refractivity (Wildman–Crippen MR) is 91.3 cm³/mol. The average molecular weight is 339 g/mol. The molecule has 4 rings (SSSR count). The number of phenols is 1. The molecule has 0 spiro atoms. The number of rotatable bonds is 3. The summed E-state index contributed by atoms with van der Waals surface area (Å²) in [6.45, 7) is 0. The van der Waals surface area contributed by atoms with E-state index in [1.807, 2.05) is 12.1 Å². The topological polar surface area (TPSA) is 86.4 Å². The third-order valence-electron chi connectivity index (χ3n) is 4.05. The maximum atomic E-state index is 10.1. The van der Waals surface area contributed by atoms with Gasteiger partial charge in [-0.15, -0.1) is 0 Å². The largest absolute Gasteiger partial charge is 0.502 e. The maximum absolute atomic E-state index is 10.1. The number of methoxy groups -OCH3 is 2. The van der Waals surface area contributed by atoms with E-state index in [0.717, 1.165) is 10.8 Å². The van der Waals surface area contributed by atoms with Crippen LogP contribution < -0.4 is 14.9 Å². The second kappa shape index (κ2) is 5.59. The summed E-state index contributed by atoms with van der Waals surface area (Å²) in [4.78, 5) is 9.88. The Morgan fingerprint density at radius 2 is 1.64 bits per heavy atom. The minimum absolute atomic E-state index is 0.0468. The minimum atomic E-state index is -0.0795. The summed E-state index contributed by atoms with van der Waals surface area (Å²) in [5.74, 6) is 0.994. The van der Waals surface area contributed by atoms with E-state index in [0.29, 0.717) is 22.5 Å². The Morgan fingerprint density at radius 3 is 2.32 bits per heavy atom. The van der Waals surface area contributed by atoms with Gasteiger partial charge >= 0.3 is 5.43 Å². The second-order valence-electron chi connectivity index (χ2n) is 5.53. The first kappa shape index (κ1) is 15.1. The van der Waals surface area contributed by atoms with Gasteiger partial charge in [-0.25, -0.2) is 0 Å². The van der Waals surface area contributed by atoms with Gasteiger partial charge in [-0.3, -0.25) is 4.79 Å². The Labute approximate surface area is 141 Å². The first-order valence-electron chi connectivity index (χ1n) is 7.53. The molecule has 6 heteroatoms. The first-order valence-corrected chi connectivity index (χ1v) is 7.53. The van der Waals surface area contributed by atoms with Gasteiger partial charge in [-0.1, -0.05) is 0 Å². The summed E-state index contributed by atoms with van der Waals surface area (Å²) in [7, 11) is 2.92. The molecule has 2 aromatic carbocycles. The molecule has 0 bridgehead atoms. The van der Waals surface area contributed by atoms with Crippen LogP contribution in [-0.2, 0) is 0 Å². The zero-order chi connectivity index (χ0) is 17.6. The normalized spacial score (nSPS) is 11.1. The molecule has 126 valence electrons. The van der Waals surface area contributed by atoms with E-state index < -0.39 is 0 Å². The fourth-order valence-electron chi connectivity index (χ4n) is 2.89. The van der Waals surface area contributed by atoms with Crippen molar-refractivity contribution in [3.63, 3.8) is 0 Å². The lowest BCUT2D eigenvalue weighted by Gasteiger charge is -2.12. The van der Waals surface area contributed by atoms with Crippen molar-refractivity contribution in [2.75, 3.05) is 14.2 Å². The molecule has 0 saturated heterocycles. The van der Waals surface area contributed by atoms with E-state index in [1.165, 1.54) is 26.4 Å². The van der Waals surface area contributed by atoms with Gasteiger partial charge in [0.25, 0.3) is 0 Å². The third-order valence-corrected chi connectivity index (χ3v) is 4.05. The van der Waals surface area contributed by atoms with Crippen LogP contribution in [0, 0.1) is 0 Å². The van der Waals surface area contributed by atoms with Crippen molar-refractivity contribution < 1.29 is 28.2 Å². The van der Waals surface area contributed by atoms with Gasteiger partial charge in [-0.05, 0) is 29.7 Å². The molecular formula is C19H15O6+. The zero-order valence-corrected chi connectivity index (χ0v) is 13.6. The minimum Gasteiger partial charge on any atom is -0.502 e. The van der Waals surface area contributed by atoms with E-state index in [-0.39, 0.29) is 22.7 Å². The van der Waals surface area contributed by atoms with Crippen molar-refractivity contribution in [3.8, 4) is 28.6 Å². The van der Waals surface area contributed by atoms with Gasteiger partial charge < -0.3 is 23.4 Å². The SMILES string of the molecule is COc1cc(-c2cc3ccoc4cc(=[OH+])cc(o2)c34)cc(OC)c1O. The van der Waals surface area contributed by atoms with Gasteiger partial charge in [0.05, 0.1) is 38.0 Å². The van der Waals surface area contributed by atoms with Crippen molar-refractivity contribution in [2.24, 2.45) is 0 Å². The highest BCUT2D eigenvalue weighted by molar-refractivity contribution is 6.05. The lowest BCUT2D eigenvalue weighted by atomic mass is 10.1. The van der Waals surface area contributed by atoms with Crippen LogP contribution in [0.15, 0.2) is 51.5 Å². The third kappa shape index (κ3) is 2.39. The van der Waals surface area contributed by atoms with Gasteiger partial charge in [-0.2, -0.15) is 0 Å². The molecule has 0 fully saturated rings. The van der Waals surface area contributed by atoms with Crippen LogP contribution >= 0.6 is 0 Å². The number of hydrogen-bond donors (Lipinski definition) is 1. The molecule has 0 radical (unpaired) electrons. The van der Waals surface area contributed by atoms with Crippen LogP contribution in [0.5, 0.6) is 17.2 Å². The standard InChI is InChI=1S/C19H14O6/c1-22-16-6-11(7-17(23-2)19(16)21)13-5-10-3-4-24-14-8-12(20)9-15(25-13)18(10)14/h3-9,21H,1-2H3/p+1. The summed E-state index contributed by atoms with van der Waals surface area (Å²) in [6, 6.07) is 10.1. The molecule has 0 saturated carbocycles. The van der Waals surface area contributed by atoms with E-state index in [9.17, 15) is 9.90 Å². The lowest BCUT2D eigenvalue weighted by Crippen LogP contribution is -1.99. The lowest BCUT2D eigenvalue weighted by molar-refractivity contribution is 0.340. The van der Waals surface area contributed by atoms with Crippen molar-refractivity contribution in [3.05, 3.63) is 48.1 Å². The van der Waals surface area contributed by atoms with Gasteiger partial charge in [0.1, 0.15) is 16.9 Å². The number of phenolic OH excluding ortho intramolecular Hbond substituents is 1. The molecule has 25 heavy (non-hydrogen) atoms. The quantitative estimate of drug-likeness (QED) is 0.577. The molecule has 2 aromatic heterocycles. The summed E-state index contributed by atoms with van der Waals surface area (Å²) in [5.41, 5.74) is 1.72. The molecule has 0 aliphatic rings. The molecule has 4 aromatic rings. The van der Waals surface area contributed by atoms with E-state index >= 15 is 0 Å². The van der Waals surface area contributed by atoms with Crippen LogP contribution in [0.3, 0.4) is 0 Å². The maximum Gasteiger partial charge on any atom is 0.347 e. The van der Waals surface area contributed by atoms with Gasteiger partial charge in [0.2, 0.25) is 5.75 Å². The Morgan fingerprint density at radius 1 is 0.960 bits per heavy atom. The Balaban J connectivity index is 2.04. The summed E-state index contributed by atoms with van der Waals surface area (Å²) < 4.78 is 21.8. The highest BCUT2D eigenvalue weighted by Crippen LogP contribution is 2.41. The number of ether oxygens (including phenoxy) is 2. The molecule has 6 nitrogen and oxygen atoms in total. The molecule has 0 aliphatic carbocycles. The molecule has 0 aliphatic heterocycles. The molecule has 2 heterocycles. The van der Waals surface area contributed by atoms with E-state index in [4.69, 9.17) is 18.3 Å². The van der Waals surface area contributed by atoms with E-state index in [1.54, 1.807) is 18.4 Å². The highest BCUT2D eigenvalue weighted by Gasteiger charge is 2.16. The van der Waals surface area contributed by atoms with Crippen LogP contribution in [0.4, 0.5) is 0 Å². The molecule has 0 atom stereocenters. The molecule has 2 N–H and O–H groups in total. The highest BCUT2D eigenvalue weighted by atomic mass is 16.5. The summed E-state index contributed by atoms with van der Waals surface area (Å²) in [5, 5.41) is 11.7. The van der Waals surface area contributed by atoms with Crippen molar-refractivity contribution in [1.29, 1.82) is 0 Å². The van der Waals surface area contributed by atoms with Crippen LogP contribution in [0.2, 0.25) is 0 Å².